The van der Waals surface area contributed by atoms with E-state index in [1.54, 1.807) is 18.3 Å². The number of anilines is 1. The van der Waals surface area contributed by atoms with Gasteiger partial charge in [0.15, 0.2) is 0 Å². The van der Waals surface area contributed by atoms with Gasteiger partial charge in [0.1, 0.15) is 5.69 Å². The SMILES string of the molecule is O=C(CCc1cc2c(cn1)[nH]c1ccccc12)Nc1ccccc1[N+](=O)[O-]. The number of nitrogens with zero attached hydrogens (tertiary/aromatic N) is 2. The molecule has 2 aromatic heterocycles. The molecule has 0 bridgehead atoms. The number of rotatable bonds is 5. The van der Waals surface area contributed by atoms with Crippen molar-refractivity contribution in [3.63, 3.8) is 0 Å². The molecule has 134 valence electrons. The van der Waals surface area contributed by atoms with Crippen molar-refractivity contribution in [1.29, 1.82) is 0 Å². The summed E-state index contributed by atoms with van der Waals surface area (Å²) in [6.07, 6.45) is 2.40. The van der Waals surface area contributed by atoms with Crippen LogP contribution >= 0.6 is 0 Å². The lowest BCUT2D eigenvalue weighted by Gasteiger charge is -2.06. The highest BCUT2D eigenvalue weighted by molar-refractivity contribution is 6.07. The van der Waals surface area contributed by atoms with E-state index in [2.05, 4.69) is 15.3 Å². The normalized spacial score (nSPS) is 11.0. The molecule has 0 aliphatic rings. The Hall–Kier alpha value is -3.74. The number of nitro groups is 1. The van der Waals surface area contributed by atoms with Crippen LogP contribution in [0.15, 0.2) is 60.8 Å². The summed E-state index contributed by atoms with van der Waals surface area (Å²) in [6, 6.07) is 16.1. The number of hydrogen-bond acceptors (Lipinski definition) is 4. The van der Waals surface area contributed by atoms with E-state index < -0.39 is 4.92 Å². The van der Waals surface area contributed by atoms with Gasteiger partial charge in [-0.3, -0.25) is 19.9 Å². The number of carbonyl (C=O) groups excluding carboxylic acids is 1. The molecular formula is C20H16N4O3. The maximum absolute atomic E-state index is 12.2. The molecule has 0 fully saturated rings. The molecular weight excluding hydrogens is 344 g/mol. The number of nitro benzene ring substituents is 1. The van der Waals surface area contributed by atoms with Crippen molar-refractivity contribution in [2.45, 2.75) is 12.8 Å². The van der Waals surface area contributed by atoms with E-state index in [-0.39, 0.29) is 23.7 Å². The zero-order valence-corrected chi connectivity index (χ0v) is 14.3. The molecule has 4 aromatic rings. The number of aromatic nitrogens is 2. The predicted octanol–water partition coefficient (Wildman–Crippen LogP) is 4.20. The van der Waals surface area contributed by atoms with E-state index in [0.717, 1.165) is 27.5 Å². The first-order chi connectivity index (χ1) is 13.1. The van der Waals surface area contributed by atoms with E-state index in [9.17, 15) is 14.9 Å². The fraction of sp³-hybridized carbons (Fsp3) is 0.100. The summed E-state index contributed by atoms with van der Waals surface area (Å²) in [6.45, 7) is 0. The highest BCUT2D eigenvalue weighted by Gasteiger charge is 2.15. The number of amides is 1. The van der Waals surface area contributed by atoms with Crippen LogP contribution in [0, 0.1) is 10.1 Å². The van der Waals surface area contributed by atoms with Crippen LogP contribution in [0.1, 0.15) is 12.1 Å². The minimum Gasteiger partial charge on any atom is -0.353 e. The molecule has 2 aromatic carbocycles. The number of benzene rings is 2. The molecule has 4 rings (SSSR count). The number of nitrogens with one attached hydrogen (secondary N) is 2. The zero-order chi connectivity index (χ0) is 18.8. The molecule has 0 aliphatic carbocycles. The molecule has 0 spiro atoms. The molecule has 7 nitrogen and oxygen atoms in total. The van der Waals surface area contributed by atoms with Gasteiger partial charge in [0, 0.05) is 34.5 Å². The number of carbonyl (C=O) groups is 1. The van der Waals surface area contributed by atoms with Gasteiger partial charge in [0.25, 0.3) is 5.69 Å². The van der Waals surface area contributed by atoms with E-state index in [4.69, 9.17) is 0 Å². The molecule has 2 heterocycles. The average molecular weight is 360 g/mol. The topological polar surface area (TPSA) is 101 Å². The molecule has 0 saturated carbocycles. The van der Waals surface area contributed by atoms with Crippen molar-refractivity contribution in [1.82, 2.24) is 9.97 Å². The van der Waals surface area contributed by atoms with Gasteiger partial charge in [-0.1, -0.05) is 30.3 Å². The minimum absolute atomic E-state index is 0.121. The van der Waals surface area contributed by atoms with Crippen LogP contribution < -0.4 is 5.32 Å². The summed E-state index contributed by atoms with van der Waals surface area (Å²) in [4.78, 5) is 30.5. The van der Waals surface area contributed by atoms with Gasteiger partial charge in [0.2, 0.25) is 5.91 Å². The third-order valence-corrected chi connectivity index (χ3v) is 4.43. The number of para-hydroxylation sites is 3. The lowest BCUT2D eigenvalue weighted by molar-refractivity contribution is -0.383. The first-order valence-electron chi connectivity index (χ1n) is 8.50. The Bertz CT molecular complexity index is 1170. The molecule has 0 radical (unpaired) electrons. The maximum Gasteiger partial charge on any atom is 0.292 e. The van der Waals surface area contributed by atoms with Crippen molar-refractivity contribution < 1.29 is 9.72 Å². The van der Waals surface area contributed by atoms with Crippen molar-refractivity contribution >= 4 is 39.1 Å². The van der Waals surface area contributed by atoms with Crippen molar-refractivity contribution in [3.8, 4) is 0 Å². The third-order valence-electron chi connectivity index (χ3n) is 4.43. The van der Waals surface area contributed by atoms with Crippen molar-refractivity contribution in [2.24, 2.45) is 0 Å². The molecule has 0 aliphatic heterocycles. The summed E-state index contributed by atoms with van der Waals surface area (Å²) in [7, 11) is 0. The third kappa shape index (κ3) is 3.35. The van der Waals surface area contributed by atoms with E-state index in [1.165, 1.54) is 12.1 Å². The summed E-state index contributed by atoms with van der Waals surface area (Å²) >= 11 is 0. The fourth-order valence-corrected chi connectivity index (χ4v) is 3.12. The summed E-state index contributed by atoms with van der Waals surface area (Å²) < 4.78 is 0. The Morgan fingerprint density at radius 1 is 1.07 bits per heavy atom. The fourth-order valence-electron chi connectivity index (χ4n) is 3.12. The summed E-state index contributed by atoms with van der Waals surface area (Å²) in [5.41, 5.74) is 2.87. The lowest BCUT2D eigenvalue weighted by atomic mass is 10.1. The van der Waals surface area contributed by atoms with Crippen LogP contribution in [0.3, 0.4) is 0 Å². The van der Waals surface area contributed by atoms with Crippen LogP contribution in [-0.2, 0) is 11.2 Å². The van der Waals surface area contributed by atoms with Gasteiger partial charge in [-0.25, -0.2) is 0 Å². The van der Waals surface area contributed by atoms with Gasteiger partial charge < -0.3 is 10.3 Å². The van der Waals surface area contributed by atoms with Crippen LogP contribution in [0.25, 0.3) is 21.8 Å². The molecule has 0 unspecified atom stereocenters. The Kier molecular flexibility index (Phi) is 4.25. The van der Waals surface area contributed by atoms with Gasteiger partial charge in [0.05, 0.1) is 16.6 Å². The Morgan fingerprint density at radius 2 is 1.85 bits per heavy atom. The van der Waals surface area contributed by atoms with Gasteiger partial charge in [-0.2, -0.15) is 0 Å². The second-order valence-corrected chi connectivity index (χ2v) is 6.21. The Morgan fingerprint density at radius 3 is 2.70 bits per heavy atom. The second kappa shape index (κ2) is 6.87. The number of aryl methyl sites for hydroxylation is 1. The Balaban J connectivity index is 1.49. The van der Waals surface area contributed by atoms with Crippen LogP contribution in [0.2, 0.25) is 0 Å². The quantitative estimate of drug-likeness (QED) is 0.411. The average Bonchev–Trinajstić information content (AvgIpc) is 3.04. The van der Waals surface area contributed by atoms with Crippen LogP contribution in [-0.4, -0.2) is 20.8 Å². The van der Waals surface area contributed by atoms with E-state index in [0.29, 0.717) is 6.42 Å². The summed E-state index contributed by atoms with van der Waals surface area (Å²) in [5.74, 6) is -0.287. The maximum atomic E-state index is 12.2. The van der Waals surface area contributed by atoms with Crippen molar-refractivity contribution in [2.75, 3.05) is 5.32 Å². The minimum atomic E-state index is -0.512. The lowest BCUT2D eigenvalue weighted by Crippen LogP contribution is -2.13. The highest BCUT2D eigenvalue weighted by atomic mass is 16.6. The van der Waals surface area contributed by atoms with E-state index in [1.807, 2.05) is 30.3 Å². The zero-order valence-electron chi connectivity index (χ0n) is 14.3. The number of H-pyrrole nitrogens is 1. The highest BCUT2D eigenvalue weighted by Crippen LogP contribution is 2.26. The molecule has 27 heavy (non-hydrogen) atoms. The number of pyridine rings is 1. The van der Waals surface area contributed by atoms with Crippen LogP contribution in [0.4, 0.5) is 11.4 Å². The van der Waals surface area contributed by atoms with Crippen LogP contribution in [0.5, 0.6) is 0 Å². The van der Waals surface area contributed by atoms with Crippen molar-refractivity contribution in [3.05, 3.63) is 76.6 Å². The van der Waals surface area contributed by atoms with E-state index >= 15 is 0 Å². The monoisotopic (exact) mass is 360 g/mol. The van der Waals surface area contributed by atoms with Gasteiger partial charge in [-0.05, 0) is 24.6 Å². The summed E-state index contributed by atoms with van der Waals surface area (Å²) in [5, 5.41) is 15.8. The molecule has 0 atom stereocenters. The number of fused-ring (bicyclic) bond motifs is 3. The molecule has 1 amide bonds. The number of hydrogen-bond donors (Lipinski definition) is 2. The number of aromatic amines is 1. The second-order valence-electron chi connectivity index (χ2n) is 6.21. The van der Waals surface area contributed by atoms with Gasteiger partial charge >= 0.3 is 0 Å². The Labute approximate surface area is 154 Å². The standard InChI is InChI=1S/C20H16N4O3/c25-20(23-17-7-3-4-8-19(17)24(26)27)10-9-13-11-15-14-5-1-2-6-16(14)22-18(15)12-21-13/h1-8,11-12,22H,9-10H2,(H,23,25). The largest absolute Gasteiger partial charge is 0.353 e. The molecule has 0 saturated heterocycles. The first kappa shape index (κ1) is 16.7. The predicted molar refractivity (Wildman–Crippen MR) is 104 cm³/mol. The molecule has 2 N–H and O–H groups in total. The van der Waals surface area contributed by atoms with Gasteiger partial charge in [-0.15, -0.1) is 0 Å². The molecule has 7 heteroatoms. The smallest absolute Gasteiger partial charge is 0.292 e. The first-order valence-corrected chi connectivity index (χ1v) is 8.50.